The predicted octanol–water partition coefficient (Wildman–Crippen LogP) is 5.51. The molecule has 0 aliphatic rings. The number of non-ortho nitro benzene ring substituents is 2. The lowest BCUT2D eigenvalue weighted by atomic mass is 10.2. The smallest absolute Gasteiger partial charge is 0.271 e. The van der Waals surface area contributed by atoms with Crippen LogP contribution < -0.4 is 21.7 Å². The topological polar surface area (TPSA) is 148 Å². The number of nitro groups is 2. The minimum Gasteiger partial charge on any atom is -0.399 e. The van der Waals surface area contributed by atoms with Gasteiger partial charge in [0.15, 0.2) is 0 Å². The van der Waals surface area contributed by atoms with Crippen LogP contribution in [-0.2, 0) is 0 Å². The molecule has 0 atom stereocenters. The average molecular weight is 469 g/mol. The van der Waals surface area contributed by atoms with E-state index in [1.54, 1.807) is 26.2 Å². The molecule has 3 rings (SSSR count). The molecule has 0 aromatic heterocycles. The van der Waals surface area contributed by atoms with Crippen LogP contribution in [0, 0.1) is 41.0 Å². The molecule has 34 heavy (non-hydrogen) atoms. The zero-order valence-corrected chi connectivity index (χ0v) is 20.3. The van der Waals surface area contributed by atoms with Crippen LogP contribution in [0.2, 0.25) is 0 Å². The number of nitrogen functional groups attached to an aromatic ring is 1. The van der Waals surface area contributed by atoms with E-state index >= 15 is 0 Å². The number of nitrogens with one attached hydrogen (secondary N) is 3. The molecule has 0 amide bonds. The van der Waals surface area contributed by atoms with Crippen LogP contribution in [0.25, 0.3) is 0 Å². The highest BCUT2D eigenvalue weighted by Gasteiger charge is 2.07. The largest absolute Gasteiger partial charge is 0.399 e. The van der Waals surface area contributed by atoms with Crippen LogP contribution >= 0.6 is 0 Å². The van der Waals surface area contributed by atoms with Crippen molar-refractivity contribution in [1.82, 2.24) is 0 Å². The van der Waals surface area contributed by atoms with Crippen molar-refractivity contribution in [2.75, 3.05) is 42.8 Å². The first-order valence-corrected chi connectivity index (χ1v) is 10.4. The third-order valence-corrected chi connectivity index (χ3v) is 4.93. The van der Waals surface area contributed by atoms with Gasteiger partial charge >= 0.3 is 0 Å². The highest BCUT2D eigenvalue weighted by Crippen LogP contribution is 2.21. The lowest BCUT2D eigenvalue weighted by molar-refractivity contribution is -0.385. The third-order valence-electron chi connectivity index (χ3n) is 4.93. The van der Waals surface area contributed by atoms with E-state index in [1.807, 2.05) is 46.0 Å². The summed E-state index contributed by atoms with van der Waals surface area (Å²) in [6.45, 7) is 5.84. The summed E-state index contributed by atoms with van der Waals surface area (Å²) in [6, 6.07) is 15.3. The first-order chi connectivity index (χ1) is 16.0. The van der Waals surface area contributed by atoms with Crippen molar-refractivity contribution in [3.05, 3.63) is 91.5 Å². The minimum absolute atomic E-state index is 0.116. The maximum Gasteiger partial charge on any atom is 0.271 e. The van der Waals surface area contributed by atoms with Gasteiger partial charge in [0.1, 0.15) is 0 Å². The molecule has 0 heterocycles. The lowest BCUT2D eigenvalue weighted by Crippen LogP contribution is -1.94. The molecule has 5 N–H and O–H groups in total. The van der Waals surface area contributed by atoms with Crippen molar-refractivity contribution >= 4 is 34.1 Å². The highest BCUT2D eigenvalue weighted by atomic mass is 16.6. The van der Waals surface area contributed by atoms with E-state index in [9.17, 15) is 20.2 Å². The molecule has 0 aliphatic carbocycles. The van der Waals surface area contributed by atoms with Gasteiger partial charge < -0.3 is 21.7 Å². The fourth-order valence-electron chi connectivity index (χ4n) is 2.89. The second kappa shape index (κ2) is 13.3. The number of benzene rings is 3. The molecule has 182 valence electrons. The Bertz CT molecular complexity index is 1070. The second-order valence-corrected chi connectivity index (χ2v) is 7.34. The molecule has 10 heteroatoms. The number of hydrogen-bond acceptors (Lipinski definition) is 8. The number of anilines is 4. The SMILES string of the molecule is CNc1cc(N)ccc1C.CNc1cc([N+](=O)[O-])ccc1C.CNc1cc([N+](=O)[O-])ccc1C. The summed E-state index contributed by atoms with van der Waals surface area (Å²) in [6.07, 6.45) is 0. The molecule has 0 aliphatic heterocycles. The van der Waals surface area contributed by atoms with E-state index in [0.29, 0.717) is 0 Å². The van der Waals surface area contributed by atoms with Crippen LogP contribution in [0.5, 0.6) is 0 Å². The number of nitrogens with zero attached hydrogens (tertiary/aromatic N) is 2. The van der Waals surface area contributed by atoms with Gasteiger partial charge in [-0.15, -0.1) is 0 Å². The summed E-state index contributed by atoms with van der Waals surface area (Å²) in [7, 11) is 5.37. The first kappa shape index (κ1) is 27.7. The fourth-order valence-corrected chi connectivity index (χ4v) is 2.89. The Balaban J connectivity index is 0.000000256. The van der Waals surface area contributed by atoms with Crippen molar-refractivity contribution in [3.8, 4) is 0 Å². The predicted molar refractivity (Wildman–Crippen MR) is 140 cm³/mol. The van der Waals surface area contributed by atoms with Gasteiger partial charge in [-0.1, -0.05) is 18.2 Å². The lowest BCUT2D eigenvalue weighted by Gasteiger charge is -2.04. The van der Waals surface area contributed by atoms with Crippen molar-refractivity contribution in [3.63, 3.8) is 0 Å². The Hall–Kier alpha value is -4.34. The maximum atomic E-state index is 10.4. The highest BCUT2D eigenvalue weighted by molar-refractivity contribution is 5.59. The summed E-state index contributed by atoms with van der Waals surface area (Å²) in [4.78, 5) is 19.9. The number of nitrogens with two attached hydrogens (primary N) is 1. The Morgan fingerprint density at radius 3 is 1.24 bits per heavy atom. The van der Waals surface area contributed by atoms with Crippen LogP contribution in [0.15, 0.2) is 54.6 Å². The quantitative estimate of drug-likeness (QED) is 0.218. The number of rotatable bonds is 5. The average Bonchev–Trinajstić information content (AvgIpc) is 2.81. The van der Waals surface area contributed by atoms with Crippen LogP contribution in [0.3, 0.4) is 0 Å². The molecule has 3 aromatic rings. The normalized spacial score (nSPS) is 9.47. The van der Waals surface area contributed by atoms with E-state index in [4.69, 9.17) is 5.73 Å². The van der Waals surface area contributed by atoms with Gasteiger partial charge in [0, 0.05) is 68.2 Å². The van der Waals surface area contributed by atoms with Gasteiger partial charge in [0.05, 0.1) is 9.85 Å². The summed E-state index contributed by atoms with van der Waals surface area (Å²) in [5.74, 6) is 0. The molecule has 0 bridgehead atoms. The molecule has 0 radical (unpaired) electrons. The van der Waals surface area contributed by atoms with E-state index in [1.165, 1.54) is 29.8 Å². The van der Waals surface area contributed by atoms with E-state index in [0.717, 1.165) is 33.9 Å². The van der Waals surface area contributed by atoms with Gasteiger partial charge in [-0.2, -0.15) is 0 Å². The Morgan fingerprint density at radius 2 is 0.941 bits per heavy atom. The van der Waals surface area contributed by atoms with Crippen molar-refractivity contribution in [2.45, 2.75) is 20.8 Å². The van der Waals surface area contributed by atoms with E-state index < -0.39 is 9.85 Å². The minimum atomic E-state index is -0.403. The Morgan fingerprint density at radius 1 is 0.618 bits per heavy atom. The summed E-state index contributed by atoms with van der Waals surface area (Å²) in [5, 5.41) is 29.5. The second-order valence-electron chi connectivity index (χ2n) is 7.34. The number of aryl methyl sites for hydroxylation is 3. The van der Waals surface area contributed by atoms with Gasteiger partial charge in [-0.25, -0.2) is 0 Å². The van der Waals surface area contributed by atoms with E-state index in [-0.39, 0.29) is 11.4 Å². The Labute approximate surface area is 199 Å². The standard InChI is InChI=1S/2C8H10N2O2.C8H12N2/c2*1-6-3-4-7(10(11)12)5-8(6)9-2;1-6-3-4-7(9)5-8(6)10-2/h2*3-5,9H,1-2H3;3-5,10H,9H2,1-2H3. The fraction of sp³-hybridized carbons (Fsp3) is 0.250. The van der Waals surface area contributed by atoms with Crippen molar-refractivity contribution in [1.29, 1.82) is 0 Å². The Kier molecular flexibility index (Phi) is 10.8. The van der Waals surface area contributed by atoms with Crippen molar-refractivity contribution < 1.29 is 9.85 Å². The van der Waals surface area contributed by atoms with Crippen LogP contribution in [-0.4, -0.2) is 31.0 Å². The van der Waals surface area contributed by atoms with E-state index in [2.05, 4.69) is 16.0 Å². The zero-order valence-electron chi connectivity index (χ0n) is 20.3. The molecular weight excluding hydrogens is 436 g/mol. The molecule has 0 spiro atoms. The van der Waals surface area contributed by atoms with Gasteiger partial charge in [0.2, 0.25) is 0 Å². The monoisotopic (exact) mass is 468 g/mol. The van der Waals surface area contributed by atoms with Gasteiger partial charge in [0.25, 0.3) is 11.4 Å². The van der Waals surface area contributed by atoms with Gasteiger partial charge in [-0.3, -0.25) is 20.2 Å². The summed E-state index contributed by atoms with van der Waals surface area (Å²) >= 11 is 0. The zero-order chi connectivity index (χ0) is 25.8. The van der Waals surface area contributed by atoms with Gasteiger partial charge in [-0.05, 0) is 49.6 Å². The van der Waals surface area contributed by atoms with Crippen LogP contribution in [0.1, 0.15) is 16.7 Å². The molecule has 3 aromatic carbocycles. The molecular formula is C24H32N6O4. The maximum absolute atomic E-state index is 10.4. The van der Waals surface area contributed by atoms with Crippen LogP contribution in [0.4, 0.5) is 34.1 Å². The molecule has 0 fully saturated rings. The van der Waals surface area contributed by atoms with Crippen molar-refractivity contribution in [2.24, 2.45) is 0 Å². The number of hydrogen-bond donors (Lipinski definition) is 4. The molecule has 0 saturated heterocycles. The summed E-state index contributed by atoms with van der Waals surface area (Å²) in [5.41, 5.74) is 12.5. The third kappa shape index (κ3) is 8.30. The molecule has 0 unspecified atom stereocenters. The summed E-state index contributed by atoms with van der Waals surface area (Å²) < 4.78 is 0. The number of nitro benzene ring substituents is 2. The molecule has 0 saturated carbocycles. The first-order valence-electron chi connectivity index (χ1n) is 10.4. The molecule has 10 nitrogen and oxygen atoms in total.